The molecule has 0 unspecified atom stereocenters. The lowest BCUT2D eigenvalue weighted by Crippen LogP contribution is -3.00. The summed E-state index contributed by atoms with van der Waals surface area (Å²) in [5.41, 5.74) is 3.59. The molecule has 1 aromatic carbocycles. The molecule has 0 saturated carbocycles. The Bertz CT molecular complexity index is 721. The second-order valence-corrected chi connectivity index (χ2v) is 5.80. The van der Waals surface area contributed by atoms with E-state index in [0.29, 0.717) is 0 Å². The molecule has 0 aliphatic carbocycles. The molecular weight excluding hydrogens is 379 g/mol. The van der Waals surface area contributed by atoms with E-state index in [0.717, 1.165) is 23.5 Å². The molecule has 0 amide bonds. The normalized spacial score (nSPS) is 10.5. The van der Waals surface area contributed by atoms with E-state index in [1.165, 1.54) is 15.8 Å². The van der Waals surface area contributed by atoms with Crippen LogP contribution in [-0.2, 0) is 6.54 Å². The molecule has 2 aromatic heterocycles. The minimum absolute atomic E-state index is 0. The smallest absolute Gasteiger partial charge is 0.179 e. The molecule has 2 nitrogen and oxygen atoms in total. The molecule has 3 rings (SSSR count). The molecule has 104 valence electrons. The highest BCUT2D eigenvalue weighted by Crippen LogP contribution is 2.30. The number of halogens is 1. The minimum Gasteiger partial charge on any atom is -1.00 e. The van der Waals surface area contributed by atoms with Crippen molar-refractivity contribution in [3.63, 3.8) is 0 Å². The Labute approximate surface area is 140 Å². The van der Waals surface area contributed by atoms with Gasteiger partial charge in [0.15, 0.2) is 12.4 Å². The van der Waals surface area contributed by atoms with E-state index < -0.39 is 0 Å². The van der Waals surface area contributed by atoms with Gasteiger partial charge in [-0.3, -0.25) is 0 Å². The lowest BCUT2D eigenvalue weighted by atomic mass is 10.2. The van der Waals surface area contributed by atoms with Gasteiger partial charge in [0.05, 0.1) is 15.8 Å². The average Bonchev–Trinajstić information content (AvgIpc) is 2.85. The number of thiazole rings is 1. The Morgan fingerprint density at radius 1 is 1.20 bits per heavy atom. The number of rotatable bonds is 3. The summed E-state index contributed by atoms with van der Waals surface area (Å²) in [6.07, 6.45) is 5.45. The van der Waals surface area contributed by atoms with Crippen LogP contribution in [0.5, 0.6) is 0 Å². The maximum absolute atomic E-state index is 4.79. The van der Waals surface area contributed by atoms with Gasteiger partial charge >= 0.3 is 0 Å². The third-order valence-electron chi connectivity index (χ3n) is 3.21. The number of hydrogen-bond donors (Lipinski definition) is 0. The van der Waals surface area contributed by atoms with Crippen molar-refractivity contribution in [2.45, 2.75) is 26.8 Å². The predicted molar refractivity (Wildman–Crippen MR) is 80.3 cm³/mol. The first kappa shape index (κ1) is 15.4. The standard InChI is InChI=1S/C16H17N2S.HI/c1-3-9-18-10-5-7-13(11-18)16-17-15-12(2)6-4-8-14(15)19-16;/h4-8,10-11H,3,9H2,1-2H3;1H/q+1;/p-1. The zero-order chi connectivity index (χ0) is 13.2. The fourth-order valence-corrected chi connectivity index (χ4v) is 3.29. The van der Waals surface area contributed by atoms with Crippen LogP contribution in [-0.4, -0.2) is 4.98 Å². The first-order chi connectivity index (χ1) is 9.28. The van der Waals surface area contributed by atoms with Crippen molar-refractivity contribution in [2.75, 3.05) is 0 Å². The summed E-state index contributed by atoms with van der Waals surface area (Å²) in [5, 5.41) is 1.11. The van der Waals surface area contributed by atoms with E-state index >= 15 is 0 Å². The number of nitrogens with zero attached hydrogens (tertiary/aromatic N) is 2. The first-order valence-electron chi connectivity index (χ1n) is 6.63. The molecule has 2 heterocycles. The van der Waals surface area contributed by atoms with E-state index in [1.54, 1.807) is 11.3 Å². The van der Waals surface area contributed by atoms with Gasteiger partial charge in [0.2, 0.25) is 0 Å². The average molecular weight is 396 g/mol. The Morgan fingerprint density at radius 2 is 2.05 bits per heavy atom. The molecule has 0 bridgehead atoms. The fourth-order valence-electron chi connectivity index (χ4n) is 2.26. The van der Waals surface area contributed by atoms with Crippen molar-refractivity contribution in [1.82, 2.24) is 4.98 Å². The van der Waals surface area contributed by atoms with Gasteiger partial charge in [0.1, 0.15) is 11.6 Å². The number of benzene rings is 1. The summed E-state index contributed by atoms with van der Waals surface area (Å²) in [4.78, 5) is 4.79. The van der Waals surface area contributed by atoms with E-state index in [9.17, 15) is 0 Å². The topological polar surface area (TPSA) is 16.8 Å². The number of aryl methyl sites for hydroxylation is 2. The van der Waals surface area contributed by atoms with Gasteiger partial charge in [-0.1, -0.05) is 19.1 Å². The summed E-state index contributed by atoms with van der Waals surface area (Å²) in [6.45, 7) is 5.37. The van der Waals surface area contributed by atoms with Crippen LogP contribution in [0, 0.1) is 6.92 Å². The number of para-hydroxylation sites is 1. The molecule has 0 radical (unpaired) electrons. The van der Waals surface area contributed by atoms with Crippen molar-refractivity contribution < 1.29 is 28.5 Å². The summed E-state index contributed by atoms with van der Waals surface area (Å²) >= 11 is 1.77. The predicted octanol–water partition coefficient (Wildman–Crippen LogP) is 0.973. The zero-order valence-corrected chi connectivity index (χ0v) is 14.6. The molecule has 0 fully saturated rings. The molecule has 4 heteroatoms. The van der Waals surface area contributed by atoms with Crippen LogP contribution in [0.1, 0.15) is 18.9 Å². The lowest BCUT2D eigenvalue weighted by Gasteiger charge is -1.96. The largest absolute Gasteiger partial charge is 1.00 e. The van der Waals surface area contributed by atoms with Crippen molar-refractivity contribution >= 4 is 21.6 Å². The second kappa shape index (κ2) is 6.63. The van der Waals surface area contributed by atoms with E-state index in [2.05, 4.69) is 61.1 Å². The van der Waals surface area contributed by atoms with Gasteiger partial charge in [0.25, 0.3) is 0 Å². The van der Waals surface area contributed by atoms with Gasteiger partial charge in [-0.15, -0.1) is 11.3 Å². The van der Waals surface area contributed by atoms with Gasteiger partial charge in [-0.2, -0.15) is 0 Å². The molecule has 20 heavy (non-hydrogen) atoms. The van der Waals surface area contributed by atoms with Crippen molar-refractivity contribution in [1.29, 1.82) is 0 Å². The molecule has 0 N–H and O–H groups in total. The molecule has 0 aliphatic heterocycles. The van der Waals surface area contributed by atoms with Crippen molar-refractivity contribution in [2.24, 2.45) is 0 Å². The van der Waals surface area contributed by atoms with Crippen LogP contribution < -0.4 is 28.5 Å². The van der Waals surface area contributed by atoms with Gasteiger partial charge < -0.3 is 24.0 Å². The molecule has 0 spiro atoms. The highest BCUT2D eigenvalue weighted by molar-refractivity contribution is 7.21. The molecule has 0 aliphatic rings. The maximum atomic E-state index is 4.79. The van der Waals surface area contributed by atoms with Gasteiger partial charge in [-0.05, 0) is 24.6 Å². The first-order valence-corrected chi connectivity index (χ1v) is 7.45. The summed E-state index contributed by atoms with van der Waals surface area (Å²) < 4.78 is 3.50. The Morgan fingerprint density at radius 3 is 2.80 bits per heavy atom. The number of aromatic nitrogens is 2. The van der Waals surface area contributed by atoms with Crippen molar-refractivity contribution in [3.05, 3.63) is 48.3 Å². The van der Waals surface area contributed by atoms with Crippen molar-refractivity contribution in [3.8, 4) is 10.6 Å². The Balaban J connectivity index is 0.00000147. The van der Waals surface area contributed by atoms with E-state index in [-0.39, 0.29) is 24.0 Å². The van der Waals surface area contributed by atoms with Crippen LogP contribution in [0.15, 0.2) is 42.7 Å². The third kappa shape index (κ3) is 3.01. The third-order valence-corrected chi connectivity index (χ3v) is 4.28. The zero-order valence-electron chi connectivity index (χ0n) is 11.6. The molecule has 0 atom stereocenters. The van der Waals surface area contributed by atoms with Gasteiger partial charge in [-0.25, -0.2) is 9.55 Å². The number of pyridine rings is 1. The molecule has 0 saturated heterocycles. The highest BCUT2D eigenvalue weighted by atomic mass is 127. The van der Waals surface area contributed by atoms with Crippen LogP contribution in [0.4, 0.5) is 0 Å². The lowest BCUT2D eigenvalue weighted by molar-refractivity contribution is -0.696. The maximum Gasteiger partial charge on any atom is 0.179 e. The summed E-state index contributed by atoms with van der Waals surface area (Å²) in [5.74, 6) is 0. The SMILES string of the molecule is CCC[n+]1cccc(-c2nc3c(C)cccc3s2)c1.[I-]. The molecular formula is C16H17IN2S. The fraction of sp³-hybridized carbons (Fsp3) is 0.250. The quantitative estimate of drug-likeness (QED) is 0.477. The van der Waals surface area contributed by atoms with Crippen LogP contribution in [0.25, 0.3) is 20.8 Å². The van der Waals surface area contributed by atoms with Crippen LogP contribution in [0.3, 0.4) is 0 Å². The van der Waals surface area contributed by atoms with Gasteiger partial charge in [0, 0.05) is 12.5 Å². The van der Waals surface area contributed by atoms with E-state index in [4.69, 9.17) is 4.98 Å². The monoisotopic (exact) mass is 396 g/mol. The molecule has 3 aromatic rings. The highest BCUT2D eigenvalue weighted by Gasteiger charge is 2.10. The van der Waals surface area contributed by atoms with Crippen LogP contribution in [0.2, 0.25) is 0 Å². The van der Waals surface area contributed by atoms with Crippen LogP contribution >= 0.6 is 11.3 Å². The Kier molecular flexibility index (Phi) is 5.10. The van der Waals surface area contributed by atoms with E-state index in [1.807, 2.05) is 0 Å². The Hall–Kier alpha value is -1.01. The minimum atomic E-state index is 0. The number of hydrogen-bond acceptors (Lipinski definition) is 2. The summed E-state index contributed by atoms with van der Waals surface area (Å²) in [7, 11) is 0. The number of fused-ring (bicyclic) bond motifs is 1. The summed E-state index contributed by atoms with van der Waals surface area (Å²) in [6, 6.07) is 10.6. The second-order valence-electron chi connectivity index (χ2n) is 4.77.